The first-order valence-electron chi connectivity index (χ1n) is 8.79. The SMILES string of the molecule is CCC1C(C(C)C)CC=C2C[C@@H](Oc3cscn3)CC[C@@]21C. The van der Waals surface area contributed by atoms with Crippen LogP contribution in [-0.4, -0.2) is 11.1 Å². The molecule has 122 valence electrons. The van der Waals surface area contributed by atoms with Gasteiger partial charge in [-0.3, -0.25) is 0 Å². The number of rotatable bonds is 4. The van der Waals surface area contributed by atoms with Crippen LogP contribution in [0.3, 0.4) is 0 Å². The second-order valence-electron chi connectivity index (χ2n) is 7.61. The van der Waals surface area contributed by atoms with Gasteiger partial charge in [-0.05, 0) is 42.4 Å². The molecule has 1 aromatic rings. The van der Waals surface area contributed by atoms with Crippen LogP contribution in [0.4, 0.5) is 0 Å². The number of allylic oxidation sites excluding steroid dienone is 1. The molecule has 0 aromatic carbocycles. The van der Waals surface area contributed by atoms with Crippen molar-refractivity contribution in [1.82, 2.24) is 4.98 Å². The number of fused-ring (bicyclic) bond motifs is 1. The molecule has 3 heteroatoms. The van der Waals surface area contributed by atoms with Crippen molar-refractivity contribution in [3.63, 3.8) is 0 Å². The van der Waals surface area contributed by atoms with Crippen molar-refractivity contribution in [2.24, 2.45) is 23.2 Å². The number of ether oxygens (including phenoxy) is 1. The maximum absolute atomic E-state index is 6.09. The van der Waals surface area contributed by atoms with E-state index >= 15 is 0 Å². The summed E-state index contributed by atoms with van der Waals surface area (Å²) in [5.41, 5.74) is 3.90. The minimum atomic E-state index is 0.314. The molecule has 0 bridgehead atoms. The molecule has 2 aliphatic carbocycles. The van der Waals surface area contributed by atoms with Gasteiger partial charge >= 0.3 is 0 Å². The standard InChI is InChI=1S/C19H29NOS/c1-5-17-16(13(2)3)7-6-14-10-15(8-9-19(14,17)4)21-18-11-22-12-20-18/h6,11-13,15-17H,5,7-10H2,1-4H3/t15-,16?,17?,19-/m0/s1. The molecule has 0 spiro atoms. The smallest absolute Gasteiger partial charge is 0.224 e. The normalized spacial score (nSPS) is 35.1. The molecule has 1 aromatic heterocycles. The lowest BCUT2D eigenvalue weighted by molar-refractivity contribution is 0.0435. The summed E-state index contributed by atoms with van der Waals surface area (Å²) >= 11 is 1.61. The summed E-state index contributed by atoms with van der Waals surface area (Å²) in [6.45, 7) is 9.69. The Morgan fingerprint density at radius 1 is 1.45 bits per heavy atom. The van der Waals surface area contributed by atoms with E-state index in [-0.39, 0.29) is 0 Å². The van der Waals surface area contributed by atoms with Gasteiger partial charge in [0.05, 0.1) is 10.9 Å². The Bertz CT molecular complexity index is 522. The third kappa shape index (κ3) is 2.84. The van der Waals surface area contributed by atoms with E-state index < -0.39 is 0 Å². The zero-order valence-corrected chi connectivity index (χ0v) is 15.2. The Kier molecular flexibility index (Phi) is 4.63. The molecule has 0 aliphatic heterocycles. The molecule has 2 unspecified atom stereocenters. The predicted molar refractivity (Wildman–Crippen MR) is 93.3 cm³/mol. The fourth-order valence-electron chi connectivity index (χ4n) is 4.88. The highest BCUT2D eigenvalue weighted by atomic mass is 32.1. The van der Waals surface area contributed by atoms with Crippen LogP contribution in [0.15, 0.2) is 22.5 Å². The Hall–Kier alpha value is -0.830. The van der Waals surface area contributed by atoms with Crippen LogP contribution in [0.25, 0.3) is 0 Å². The van der Waals surface area contributed by atoms with Crippen molar-refractivity contribution in [2.45, 2.75) is 65.9 Å². The largest absolute Gasteiger partial charge is 0.473 e. The molecular weight excluding hydrogens is 290 g/mol. The minimum absolute atomic E-state index is 0.314. The van der Waals surface area contributed by atoms with Crippen molar-refractivity contribution in [2.75, 3.05) is 0 Å². The first kappa shape index (κ1) is 16.0. The zero-order valence-electron chi connectivity index (χ0n) is 14.3. The molecule has 2 aliphatic rings. The van der Waals surface area contributed by atoms with E-state index in [0.29, 0.717) is 11.5 Å². The summed E-state index contributed by atoms with van der Waals surface area (Å²) in [4.78, 5) is 4.27. The second-order valence-corrected chi connectivity index (χ2v) is 8.33. The van der Waals surface area contributed by atoms with E-state index in [4.69, 9.17) is 4.74 Å². The van der Waals surface area contributed by atoms with Crippen molar-refractivity contribution in [1.29, 1.82) is 0 Å². The van der Waals surface area contributed by atoms with Gasteiger partial charge in [-0.1, -0.05) is 45.8 Å². The lowest BCUT2D eigenvalue weighted by Crippen LogP contribution is -2.44. The van der Waals surface area contributed by atoms with Crippen LogP contribution >= 0.6 is 11.3 Å². The summed E-state index contributed by atoms with van der Waals surface area (Å²) in [7, 11) is 0. The van der Waals surface area contributed by atoms with Crippen LogP contribution < -0.4 is 4.74 Å². The number of nitrogens with zero attached hydrogens (tertiary/aromatic N) is 1. The quantitative estimate of drug-likeness (QED) is 0.663. The molecule has 3 rings (SSSR count). The average molecular weight is 320 g/mol. The molecular formula is C19H29NOS. The van der Waals surface area contributed by atoms with Gasteiger partial charge in [0.2, 0.25) is 5.88 Å². The third-order valence-electron chi connectivity index (χ3n) is 6.13. The van der Waals surface area contributed by atoms with Gasteiger partial charge < -0.3 is 4.74 Å². The molecule has 0 saturated heterocycles. The first-order chi connectivity index (χ1) is 10.5. The van der Waals surface area contributed by atoms with Gasteiger partial charge in [0.15, 0.2) is 0 Å². The first-order valence-corrected chi connectivity index (χ1v) is 9.73. The van der Waals surface area contributed by atoms with E-state index in [1.807, 2.05) is 10.9 Å². The Morgan fingerprint density at radius 3 is 2.91 bits per heavy atom. The highest BCUT2D eigenvalue weighted by Gasteiger charge is 2.46. The van der Waals surface area contributed by atoms with E-state index in [2.05, 4.69) is 38.8 Å². The van der Waals surface area contributed by atoms with Gasteiger partial charge in [0.25, 0.3) is 0 Å². The lowest BCUT2D eigenvalue weighted by atomic mass is 9.54. The minimum Gasteiger partial charge on any atom is -0.473 e. The van der Waals surface area contributed by atoms with Gasteiger partial charge in [-0.15, -0.1) is 11.3 Å². The molecule has 1 fully saturated rings. The third-order valence-corrected chi connectivity index (χ3v) is 6.70. The van der Waals surface area contributed by atoms with E-state index in [1.165, 1.54) is 19.3 Å². The monoisotopic (exact) mass is 319 g/mol. The van der Waals surface area contributed by atoms with Crippen molar-refractivity contribution < 1.29 is 4.74 Å². The zero-order chi connectivity index (χ0) is 15.7. The molecule has 2 nitrogen and oxygen atoms in total. The van der Waals surface area contributed by atoms with Crippen LogP contribution in [-0.2, 0) is 0 Å². The highest BCUT2D eigenvalue weighted by Crippen LogP contribution is 2.55. The Morgan fingerprint density at radius 2 is 2.27 bits per heavy atom. The number of thiazole rings is 1. The summed E-state index contributed by atoms with van der Waals surface area (Å²) in [5, 5.41) is 2.01. The van der Waals surface area contributed by atoms with Crippen molar-refractivity contribution in [3.8, 4) is 5.88 Å². The summed E-state index contributed by atoms with van der Waals surface area (Å²) in [6.07, 6.45) is 8.93. The van der Waals surface area contributed by atoms with Gasteiger partial charge in [0, 0.05) is 6.42 Å². The Balaban J connectivity index is 1.76. The summed E-state index contributed by atoms with van der Waals surface area (Å²) in [6, 6.07) is 0. The van der Waals surface area contributed by atoms with Gasteiger partial charge in [0.1, 0.15) is 6.10 Å². The number of hydrogen-bond acceptors (Lipinski definition) is 3. The molecule has 0 N–H and O–H groups in total. The highest BCUT2D eigenvalue weighted by molar-refractivity contribution is 7.07. The van der Waals surface area contributed by atoms with Crippen molar-refractivity contribution >= 4 is 11.3 Å². The molecule has 1 saturated carbocycles. The molecule has 4 atom stereocenters. The molecule has 0 amide bonds. The number of aromatic nitrogens is 1. The number of hydrogen-bond donors (Lipinski definition) is 0. The molecule has 1 heterocycles. The maximum atomic E-state index is 6.09. The van der Waals surface area contributed by atoms with E-state index in [9.17, 15) is 0 Å². The fourth-order valence-corrected chi connectivity index (χ4v) is 5.34. The topological polar surface area (TPSA) is 22.1 Å². The lowest BCUT2D eigenvalue weighted by Gasteiger charge is -2.51. The van der Waals surface area contributed by atoms with Crippen LogP contribution in [0, 0.1) is 23.2 Å². The van der Waals surface area contributed by atoms with Crippen molar-refractivity contribution in [3.05, 3.63) is 22.5 Å². The average Bonchev–Trinajstić information content (AvgIpc) is 2.99. The molecule has 22 heavy (non-hydrogen) atoms. The van der Waals surface area contributed by atoms with E-state index in [1.54, 1.807) is 16.9 Å². The van der Waals surface area contributed by atoms with Crippen LogP contribution in [0.5, 0.6) is 5.88 Å². The predicted octanol–water partition coefficient (Wildman–Crippen LogP) is 5.71. The second kappa shape index (κ2) is 6.35. The molecule has 0 radical (unpaired) electrons. The van der Waals surface area contributed by atoms with Gasteiger partial charge in [-0.25, -0.2) is 4.98 Å². The fraction of sp³-hybridized carbons (Fsp3) is 0.737. The summed E-state index contributed by atoms with van der Waals surface area (Å²) in [5.74, 6) is 3.26. The van der Waals surface area contributed by atoms with E-state index in [0.717, 1.165) is 36.5 Å². The van der Waals surface area contributed by atoms with Gasteiger partial charge in [-0.2, -0.15) is 0 Å². The Labute approximate surface area is 139 Å². The van der Waals surface area contributed by atoms with Crippen LogP contribution in [0.1, 0.15) is 59.8 Å². The maximum Gasteiger partial charge on any atom is 0.224 e. The van der Waals surface area contributed by atoms with Crippen LogP contribution in [0.2, 0.25) is 0 Å². The summed E-state index contributed by atoms with van der Waals surface area (Å²) < 4.78 is 6.09.